The maximum Gasteiger partial charge on any atom is 0.294 e. The van der Waals surface area contributed by atoms with Crippen LogP contribution < -0.4 is 10.5 Å². The summed E-state index contributed by atoms with van der Waals surface area (Å²) < 4.78 is 6.53. The lowest BCUT2D eigenvalue weighted by atomic mass is 10.1. The molecule has 0 atom stereocenters. The number of hydrogen-bond donors (Lipinski definition) is 1. The Morgan fingerprint density at radius 2 is 2.00 bits per heavy atom. The van der Waals surface area contributed by atoms with Crippen LogP contribution in [0.3, 0.4) is 0 Å². The minimum Gasteiger partial charge on any atom is -0.449 e. The molecule has 1 N–H and O–H groups in total. The van der Waals surface area contributed by atoms with Gasteiger partial charge in [-0.2, -0.15) is 0 Å². The first kappa shape index (κ1) is 16.2. The Morgan fingerprint density at radius 1 is 1.20 bits per heavy atom. The highest BCUT2D eigenvalue weighted by atomic mass is 79.9. The van der Waals surface area contributed by atoms with E-state index in [0.29, 0.717) is 27.5 Å². The second-order valence-electron chi connectivity index (χ2n) is 5.89. The Balaban J connectivity index is 1.98. The average molecular weight is 419 g/mol. The Bertz CT molecular complexity index is 1180. The molecule has 0 amide bonds. The van der Waals surface area contributed by atoms with Gasteiger partial charge in [0.15, 0.2) is 0 Å². The van der Waals surface area contributed by atoms with Crippen LogP contribution in [0, 0.1) is 0 Å². The fourth-order valence-corrected chi connectivity index (χ4v) is 3.35. The van der Waals surface area contributed by atoms with Gasteiger partial charge in [0.1, 0.15) is 16.9 Å². The molecular formula is C18H13BrClN3O2. The lowest BCUT2D eigenvalue weighted by molar-refractivity contribution is 0.661. The highest BCUT2D eigenvalue weighted by molar-refractivity contribution is 9.10. The summed E-state index contributed by atoms with van der Waals surface area (Å²) in [4.78, 5) is 21.8. The first-order chi connectivity index (χ1) is 11.9. The molecule has 2 aromatic heterocycles. The summed E-state index contributed by atoms with van der Waals surface area (Å²) >= 11 is 9.85. The zero-order valence-corrected chi connectivity index (χ0v) is 15.8. The predicted octanol–water partition coefficient (Wildman–Crippen LogP) is 4.82. The summed E-state index contributed by atoms with van der Waals surface area (Å²) in [5, 5.41) is 1.29. The first-order valence-corrected chi connectivity index (χ1v) is 8.70. The number of nitrogens with one attached hydrogen (secondary N) is 1. The van der Waals surface area contributed by atoms with E-state index in [2.05, 4.69) is 25.9 Å². The lowest BCUT2D eigenvalue weighted by Gasteiger charge is -2.13. The number of anilines is 1. The number of H-pyrrole nitrogens is 1. The van der Waals surface area contributed by atoms with Crippen molar-refractivity contribution in [2.75, 3.05) is 19.0 Å². The highest BCUT2D eigenvalue weighted by Crippen LogP contribution is 2.32. The topological polar surface area (TPSA) is 62.1 Å². The number of halogens is 2. The van der Waals surface area contributed by atoms with E-state index in [1.807, 2.05) is 49.3 Å². The number of benzene rings is 2. The molecule has 0 aliphatic rings. The highest BCUT2D eigenvalue weighted by Gasteiger charge is 2.16. The molecule has 0 spiro atoms. The molecule has 0 unspecified atom stereocenters. The second-order valence-corrected chi connectivity index (χ2v) is 7.22. The predicted molar refractivity (Wildman–Crippen MR) is 105 cm³/mol. The van der Waals surface area contributed by atoms with Crippen LogP contribution in [-0.2, 0) is 0 Å². The zero-order valence-electron chi connectivity index (χ0n) is 13.4. The summed E-state index contributed by atoms with van der Waals surface area (Å²) in [6, 6.07) is 11.2. The van der Waals surface area contributed by atoms with Crippen LogP contribution in [0.25, 0.3) is 33.5 Å². The van der Waals surface area contributed by atoms with Crippen molar-refractivity contribution in [2.24, 2.45) is 0 Å². The van der Waals surface area contributed by atoms with Gasteiger partial charge < -0.3 is 14.3 Å². The van der Waals surface area contributed by atoms with E-state index in [0.717, 1.165) is 15.5 Å². The van der Waals surface area contributed by atoms with Crippen LogP contribution >= 0.6 is 27.5 Å². The van der Waals surface area contributed by atoms with Gasteiger partial charge in [0.05, 0.1) is 5.02 Å². The molecule has 0 aliphatic heterocycles. The van der Waals surface area contributed by atoms with Crippen molar-refractivity contribution in [3.05, 3.63) is 56.2 Å². The third-order valence-corrected chi connectivity index (χ3v) is 4.82. The quantitative estimate of drug-likeness (QED) is 0.507. The SMILES string of the molecule is CN(C)c1ccc(-c2nc3c(oc4ccc(Br)cc43)c(=O)[nH]2)c(Cl)c1. The van der Waals surface area contributed by atoms with E-state index in [4.69, 9.17) is 16.0 Å². The molecule has 5 nitrogen and oxygen atoms in total. The standard InChI is InChI=1S/C18H13BrClN3O2/c1-23(2)10-4-5-11(13(20)8-10)17-21-15-12-7-9(19)3-6-14(12)25-16(15)18(24)22-17/h3-8H,1-2H3,(H,21,22,24). The van der Waals surface area contributed by atoms with Crippen molar-refractivity contribution < 1.29 is 4.42 Å². The van der Waals surface area contributed by atoms with E-state index in [1.54, 1.807) is 6.07 Å². The summed E-state index contributed by atoms with van der Waals surface area (Å²) in [6.45, 7) is 0. The smallest absolute Gasteiger partial charge is 0.294 e. The van der Waals surface area contributed by atoms with Crippen LogP contribution in [-0.4, -0.2) is 24.1 Å². The largest absolute Gasteiger partial charge is 0.449 e. The maximum absolute atomic E-state index is 12.5. The lowest BCUT2D eigenvalue weighted by Crippen LogP contribution is -2.10. The van der Waals surface area contributed by atoms with Gasteiger partial charge in [-0.05, 0) is 36.4 Å². The fourth-order valence-electron chi connectivity index (χ4n) is 2.73. The number of furan rings is 1. The molecule has 0 saturated carbocycles. The fraction of sp³-hybridized carbons (Fsp3) is 0.111. The van der Waals surface area contributed by atoms with Crippen molar-refractivity contribution in [3.63, 3.8) is 0 Å². The normalized spacial score (nSPS) is 11.4. The van der Waals surface area contributed by atoms with Gasteiger partial charge in [-0.3, -0.25) is 4.79 Å². The third-order valence-electron chi connectivity index (χ3n) is 4.01. The van der Waals surface area contributed by atoms with E-state index in [9.17, 15) is 4.79 Å². The second kappa shape index (κ2) is 5.89. The molecule has 2 heterocycles. The van der Waals surface area contributed by atoms with Crippen molar-refractivity contribution in [2.45, 2.75) is 0 Å². The number of aromatic nitrogens is 2. The number of hydrogen-bond acceptors (Lipinski definition) is 4. The van der Waals surface area contributed by atoms with Crippen LogP contribution in [0.1, 0.15) is 0 Å². The van der Waals surface area contributed by atoms with E-state index in [-0.39, 0.29) is 11.1 Å². The van der Waals surface area contributed by atoms with Crippen LogP contribution in [0.2, 0.25) is 5.02 Å². The van der Waals surface area contributed by atoms with Gasteiger partial charge in [0.2, 0.25) is 5.58 Å². The molecule has 2 aromatic carbocycles. The van der Waals surface area contributed by atoms with Gasteiger partial charge in [-0.25, -0.2) is 4.98 Å². The van der Waals surface area contributed by atoms with E-state index < -0.39 is 0 Å². The Hall–Kier alpha value is -2.31. The molecule has 0 radical (unpaired) electrons. The van der Waals surface area contributed by atoms with Crippen molar-refractivity contribution in [1.29, 1.82) is 0 Å². The number of aromatic amines is 1. The van der Waals surface area contributed by atoms with Crippen molar-refractivity contribution in [1.82, 2.24) is 9.97 Å². The molecule has 126 valence electrons. The number of rotatable bonds is 2. The van der Waals surface area contributed by atoms with Gasteiger partial charge in [0, 0.05) is 35.2 Å². The molecule has 0 fully saturated rings. The summed E-state index contributed by atoms with van der Waals surface area (Å²) in [5.41, 5.74) is 2.63. The number of nitrogens with zero attached hydrogens (tertiary/aromatic N) is 2. The van der Waals surface area contributed by atoms with Crippen LogP contribution in [0.15, 0.2) is 50.1 Å². The van der Waals surface area contributed by atoms with Crippen molar-refractivity contribution >= 4 is 55.3 Å². The van der Waals surface area contributed by atoms with E-state index >= 15 is 0 Å². The molecule has 4 rings (SSSR count). The summed E-state index contributed by atoms with van der Waals surface area (Å²) in [5.74, 6) is 0.412. The van der Waals surface area contributed by atoms with Crippen LogP contribution in [0.5, 0.6) is 0 Å². The Morgan fingerprint density at radius 3 is 2.72 bits per heavy atom. The molecule has 7 heteroatoms. The molecule has 0 saturated heterocycles. The average Bonchev–Trinajstić information content (AvgIpc) is 2.93. The molecule has 4 aromatic rings. The minimum atomic E-state index is -0.333. The van der Waals surface area contributed by atoms with Crippen molar-refractivity contribution in [3.8, 4) is 11.4 Å². The monoisotopic (exact) mass is 417 g/mol. The third kappa shape index (κ3) is 2.71. The molecular weight excluding hydrogens is 406 g/mol. The summed E-state index contributed by atoms with van der Waals surface area (Å²) in [7, 11) is 3.87. The Labute approximate surface area is 156 Å². The van der Waals surface area contributed by atoms with Gasteiger partial charge in [-0.15, -0.1) is 0 Å². The molecule has 0 aliphatic carbocycles. The number of fused-ring (bicyclic) bond motifs is 3. The Kier molecular flexibility index (Phi) is 3.81. The van der Waals surface area contributed by atoms with Gasteiger partial charge in [0.25, 0.3) is 5.56 Å². The zero-order chi connectivity index (χ0) is 17.7. The van der Waals surface area contributed by atoms with E-state index in [1.165, 1.54) is 0 Å². The maximum atomic E-state index is 12.5. The minimum absolute atomic E-state index is 0.206. The molecule has 25 heavy (non-hydrogen) atoms. The first-order valence-electron chi connectivity index (χ1n) is 7.53. The summed E-state index contributed by atoms with van der Waals surface area (Å²) in [6.07, 6.45) is 0. The molecule has 0 bridgehead atoms. The van der Waals surface area contributed by atoms with Gasteiger partial charge >= 0.3 is 0 Å². The van der Waals surface area contributed by atoms with Gasteiger partial charge in [-0.1, -0.05) is 27.5 Å². The van der Waals surface area contributed by atoms with Crippen LogP contribution in [0.4, 0.5) is 5.69 Å².